The Morgan fingerprint density at radius 2 is 2.04 bits per heavy atom. The van der Waals surface area contributed by atoms with E-state index in [0.29, 0.717) is 18.8 Å². The monoisotopic (exact) mass is 337 g/mol. The number of hydrogen-bond acceptors (Lipinski definition) is 5. The first-order valence-corrected chi connectivity index (χ1v) is 7.86. The Morgan fingerprint density at radius 1 is 1.33 bits per heavy atom. The second-order valence-corrected chi connectivity index (χ2v) is 7.22. The predicted octanol–water partition coefficient (Wildman–Crippen LogP) is 2.93. The van der Waals surface area contributed by atoms with Gasteiger partial charge >= 0.3 is 6.09 Å². The van der Waals surface area contributed by atoms with Crippen molar-refractivity contribution in [3.63, 3.8) is 0 Å². The number of amides is 1. The highest BCUT2D eigenvalue weighted by Gasteiger charge is 2.47. The Kier molecular flexibility index (Phi) is 3.85. The molecule has 2 saturated heterocycles. The van der Waals surface area contributed by atoms with E-state index in [1.165, 1.54) is 12.1 Å². The zero-order chi connectivity index (χ0) is 17.6. The van der Waals surface area contributed by atoms with E-state index in [0.717, 1.165) is 12.5 Å². The Hall–Kier alpha value is -2.38. The lowest BCUT2D eigenvalue weighted by Gasteiger charge is -2.36. The van der Waals surface area contributed by atoms with Crippen LogP contribution >= 0.6 is 0 Å². The quantitative estimate of drug-likeness (QED) is 0.612. The zero-order valence-corrected chi connectivity index (χ0v) is 13.9. The Balaban J connectivity index is 1.77. The van der Waals surface area contributed by atoms with E-state index in [1.54, 1.807) is 4.90 Å². The van der Waals surface area contributed by atoms with Crippen LogP contribution < -0.4 is 4.90 Å². The number of carbonyl (C=O) groups is 1. The first-order valence-electron chi connectivity index (χ1n) is 7.86. The van der Waals surface area contributed by atoms with Gasteiger partial charge in [-0.05, 0) is 39.3 Å². The minimum atomic E-state index is -0.634. The molecule has 2 bridgehead atoms. The van der Waals surface area contributed by atoms with Gasteiger partial charge in [0.05, 0.1) is 17.0 Å². The molecular weight excluding hydrogens is 317 g/mol. The van der Waals surface area contributed by atoms with Crippen molar-refractivity contribution in [2.45, 2.75) is 44.9 Å². The van der Waals surface area contributed by atoms with Crippen LogP contribution in [0.4, 0.5) is 20.6 Å². The van der Waals surface area contributed by atoms with Crippen LogP contribution in [0.5, 0.6) is 0 Å². The van der Waals surface area contributed by atoms with Crippen molar-refractivity contribution in [3.05, 3.63) is 34.1 Å². The van der Waals surface area contributed by atoms with Gasteiger partial charge in [-0.25, -0.2) is 9.18 Å². The standard InChI is InChI=1S/C16H20FN3O4/c1-16(2,3)24-15(21)19-9-11-7-12(19)8-18(11)13-5-4-10(17)6-14(13)20(22)23/h4-6,11-12H,7-9H2,1-3H3. The fraction of sp³-hybridized carbons (Fsp3) is 0.562. The molecule has 1 aromatic carbocycles. The van der Waals surface area contributed by atoms with Gasteiger partial charge in [-0.1, -0.05) is 0 Å². The summed E-state index contributed by atoms with van der Waals surface area (Å²) < 4.78 is 18.7. The van der Waals surface area contributed by atoms with Crippen molar-refractivity contribution in [1.82, 2.24) is 4.90 Å². The molecule has 3 rings (SSSR count). The van der Waals surface area contributed by atoms with Crippen molar-refractivity contribution in [3.8, 4) is 0 Å². The molecule has 2 heterocycles. The van der Waals surface area contributed by atoms with Gasteiger partial charge in [-0.15, -0.1) is 0 Å². The molecular formula is C16H20FN3O4. The average Bonchev–Trinajstić information content (AvgIpc) is 3.05. The lowest BCUT2D eigenvalue weighted by molar-refractivity contribution is -0.384. The first kappa shape index (κ1) is 16.5. The molecule has 1 aromatic rings. The molecule has 0 spiro atoms. The zero-order valence-electron chi connectivity index (χ0n) is 13.9. The second-order valence-electron chi connectivity index (χ2n) is 7.22. The number of likely N-dealkylation sites (tertiary alicyclic amines) is 1. The Labute approximate surface area is 139 Å². The number of fused-ring (bicyclic) bond motifs is 2. The fourth-order valence-corrected chi connectivity index (χ4v) is 3.39. The maximum Gasteiger partial charge on any atom is 0.410 e. The second kappa shape index (κ2) is 5.61. The largest absolute Gasteiger partial charge is 0.444 e. The highest BCUT2D eigenvalue weighted by atomic mass is 19.1. The van der Waals surface area contributed by atoms with Crippen LogP contribution in [0.3, 0.4) is 0 Å². The van der Waals surface area contributed by atoms with Gasteiger partial charge < -0.3 is 14.5 Å². The molecule has 2 fully saturated rings. The summed E-state index contributed by atoms with van der Waals surface area (Å²) in [5.74, 6) is -0.634. The van der Waals surface area contributed by atoms with E-state index in [-0.39, 0.29) is 23.9 Å². The average molecular weight is 337 g/mol. The van der Waals surface area contributed by atoms with Gasteiger partial charge in [0.2, 0.25) is 0 Å². The summed E-state index contributed by atoms with van der Waals surface area (Å²) in [6, 6.07) is 3.53. The van der Waals surface area contributed by atoms with Gasteiger partial charge in [0.25, 0.3) is 5.69 Å². The van der Waals surface area contributed by atoms with Gasteiger partial charge in [-0.2, -0.15) is 0 Å². The van der Waals surface area contributed by atoms with Crippen LogP contribution in [-0.4, -0.2) is 46.7 Å². The topological polar surface area (TPSA) is 75.9 Å². The highest BCUT2D eigenvalue weighted by molar-refractivity contribution is 5.71. The molecule has 0 radical (unpaired) electrons. The number of hydrogen-bond donors (Lipinski definition) is 0. The van der Waals surface area contributed by atoms with E-state index in [9.17, 15) is 19.3 Å². The summed E-state index contributed by atoms with van der Waals surface area (Å²) in [5.41, 5.74) is -0.405. The van der Waals surface area contributed by atoms with E-state index in [4.69, 9.17) is 4.74 Å². The number of nitro groups is 1. The SMILES string of the molecule is CC(C)(C)OC(=O)N1CC2CC1CN2c1ccc(F)cc1[N+](=O)[O-]. The smallest absolute Gasteiger partial charge is 0.410 e. The summed E-state index contributed by atoms with van der Waals surface area (Å²) in [6.07, 6.45) is 0.372. The van der Waals surface area contributed by atoms with E-state index >= 15 is 0 Å². The van der Waals surface area contributed by atoms with Crippen LogP contribution in [0, 0.1) is 15.9 Å². The maximum absolute atomic E-state index is 13.3. The lowest BCUT2D eigenvalue weighted by atomic mass is 10.2. The van der Waals surface area contributed by atoms with Gasteiger partial charge in [-0.3, -0.25) is 10.1 Å². The number of nitrogens with zero attached hydrogens (tertiary/aromatic N) is 3. The fourth-order valence-electron chi connectivity index (χ4n) is 3.39. The van der Waals surface area contributed by atoms with Gasteiger partial charge in [0.15, 0.2) is 0 Å². The van der Waals surface area contributed by atoms with Crippen LogP contribution in [0.25, 0.3) is 0 Å². The summed E-state index contributed by atoms with van der Waals surface area (Å²) in [7, 11) is 0. The molecule has 2 aliphatic heterocycles. The summed E-state index contributed by atoms with van der Waals surface area (Å²) in [6.45, 7) is 6.37. The molecule has 1 amide bonds. The van der Waals surface area contributed by atoms with Crippen molar-refractivity contribution in [2.75, 3.05) is 18.0 Å². The molecule has 2 aliphatic rings. The van der Waals surface area contributed by atoms with Crippen molar-refractivity contribution >= 4 is 17.5 Å². The number of anilines is 1. The first-order chi connectivity index (χ1) is 11.2. The van der Waals surface area contributed by atoms with E-state index < -0.39 is 16.3 Å². The molecule has 2 atom stereocenters. The lowest BCUT2D eigenvalue weighted by Crippen LogP contribution is -2.50. The third-order valence-corrected chi connectivity index (χ3v) is 4.31. The van der Waals surface area contributed by atoms with E-state index in [2.05, 4.69) is 0 Å². The Morgan fingerprint density at radius 3 is 2.58 bits per heavy atom. The molecule has 24 heavy (non-hydrogen) atoms. The molecule has 0 aliphatic carbocycles. The third-order valence-electron chi connectivity index (χ3n) is 4.31. The number of carbonyl (C=O) groups excluding carboxylic acids is 1. The van der Waals surface area contributed by atoms with Crippen LogP contribution in [-0.2, 0) is 4.74 Å². The van der Waals surface area contributed by atoms with Crippen molar-refractivity contribution < 1.29 is 18.8 Å². The Bertz CT molecular complexity index is 688. The molecule has 130 valence electrons. The molecule has 0 aromatic heterocycles. The number of benzene rings is 1. The van der Waals surface area contributed by atoms with Crippen LogP contribution in [0.15, 0.2) is 18.2 Å². The van der Waals surface area contributed by atoms with Crippen LogP contribution in [0.2, 0.25) is 0 Å². The third kappa shape index (κ3) is 3.00. The maximum atomic E-state index is 13.3. The summed E-state index contributed by atoms with van der Waals surface area (Å²) >= 11 is 0. The molecule has 8 heteroatoms. The van der Waals surface area contributed by atoms with Gasteiger partial charge in [0, 0.05) is 19.1 Å². The minimum absolute atomic E-state index is 0.0216. The highest BCUT2D eigenvalue weighted by Crippen LogP contribution is 2.39. The molecule has 7 nitrogen and oxygen atoms in total. The number of rotatable bonds is 2. The van der Waals surface area contributed by atoms with Crippen molar-refractivity contribution in [2.24, 2.45) is 0 Å². The summed E-state index contributed by atoms with van der Waals surface area (Å²) in [4.78, 5) is 26.4. The number of piperazine rings is 1. The summed E-state index contributed by atoms with van der Waals surface area (Å²) in [5, 5.41) is 11.2. The predicted molar refractivity (Wildman–Crippen MR) is 85.5 cm³/mol. The minimum Gasteiger partial charge on any atom is -0.444 e. The number of halogens is 1. The van der Waals surface area contributed by atoms with E-state index in [1.807, 2.05) is 25.7 Å². The van der Waals surface area contributed by atoms with Crippen LogP contribution in [0.1, 0.15) is 27.2 Å². The number of ether oxygens (including phenoxy) is 1. The molecule has 0 N–H and O–H groups in total. The van der Waals surface area contributed by atoms with Gasteiger partial charge in [0.1, 0.15) is 17.1 Å². The van der Waals surface area contributed by atoms with Crippen molar-refractivity contribution in [1.29, 1.82) is 0 Å². The number of nitro benzene ring substituents is 1. The molecule has 2 unspecified atom stereocenters. The molecule has 0 saturated carbocycles. The normalized spacial score (nSPS) is 22.8.